The Labute approximate surface area is 222 Å². The van der Waals surface area contributed by atoms with E-state index in [0.29, 0.717) is 12.0 Å². The van der Waals surface area contributed by atoms with E-state index in [4.69, 9.17) is 0 Å². The van der Waals surface area contributed by atoms with Gasteiger partial charge in [-0.15, -0.1) is 0 Å². The molecule has 0 fully saturated rings. The van der Waals surface area contributed by atoms with Crippen molar-refractivity contribution in [3.8, 4) is 11.1 Å². The number of carboxylic acids is 1. The standard InChI is InChI=1S/C30H34N4O4/c1-18(2)13-25(34-11-9-19(3)14-26(34)35)30(38)32-24(16-27(36)37)22-15-23(29-31-10-12-33(29)17-22)28-20(4)7-6-8-21(28)5/h6-12,14-15,17-18,24-25H,13,16H2,1-5H3,(H,32,38)(H,36,37)/t24-,25+/m0/s1. The first-order valence-electron chi connectivity index (χ1n) is 12.8. The monoisotopic (exact) mass is 514 g/mol. The highest BCUT2D eigenvalue weighted by Gasteiger charge is 2.27. The lowest BCUT2D eigenvalue weighted by atomic mass is 9.93. The number of carbonyl (C=O) groups is 2. The minimum atomic E-state index is -1.04. The van der Waals surface area contributed by atoms with Gasteiger partial charge in [-0.25, -0.2) is 4.98 Å². The Morgan fingerprint density at radius 3 is 2.39 bits per heavy atom. The maximum Gasteiger partial charge on any atom is 0.305 e. The largest absolute Gasteiger partial charge is 0.481 e. The fourth-order valence-electron chi connectivity index (χ4n) is 5.00. The third kappa shape index (κ3) is 5.69. The van der Waals surface area contributed by atoms with Crippen LogP contribution in [0.3, 0.4) is 0 Å². The summed E-state index contributed by atoms with van der Waals surface area (Å²) < 4.78 is 3.29. The molecule has 1 amide bonds. The molecular weight excluding hydrogens is 480 g/mol. The van der Waals surface area contributed by atoms with Gasteiger partial charge in [-0.05, 0) is 73.1 Å². The van der Waals surface area contributed by atoms with E-state index in [0.717, 1.165) is 33.5 Å². The molecule has 4 rings (SSSR count). The van der Waals surface area contributed by atoms with Crippen LogP contribution in [-0.4, -0.2) is 30.9 Å². The number of aryl methyl sites for hydroxylation is 3. The average Bonchev–Trinajstić information content (AvgIpc) is 3.31. The molecule has 0 spiro atoms. The van der Waals surface area contributed by atoms with Crippen LogP contribution < -0.4 is 10.9 Å². The lowest BCUT2D eigenvalue weighted by molar-refractivity contribution is -0.138. The van der Waals surface area contributed by atoms with Crippen molar-refractivity contribution in [1.29, 1.82) is 0 Å². The molecule has 0 aliphatic rings. The van der Waals surface area contributed by atoms with E-state index >= 15 is 0 Å². The topological polar surface area (TPSA) is 106 Å². The van der Waals surface area contributed by atoms with Crippen molar-refractivity contribution >= 4 is 17.5 Å². The van der Waals surface area contributed by atoms with Crippen LogP contribution >= 0.6 is 0 Å². The van der Waals surface area contributed by atoms with Gasteiger partial charge in [0.25, 0.3) is 5.56 Å². The van der Waals surface area contributed by atoms with Crippen LogP contribution in [0, 0.1) is 26.7 Å². The van der Waals surface area contributed by atoms with Gasteiger partial charge in [-0.3, -0.25) is 14.4 Å². The Kier molecular flexibility index (Phi) is 7.80. The number of hydrogen-bond donors (Lipinski definition) is 2. The summed E-state index contributed by atoms with van der Waals surface area (Å²) >= 11 is 0. The summed E-state index contributed by atoms with van der Waals surface area (Å²) in [5.74, 6) is -1.30. The number of imidazole rings is 1. The van der Waals surface area contributed by atoms with Gasteiger partial charge in [0.15, 0.2) is 0 Å². The smallest absolute Gasteiger partial charge is 0.305 e. The molecule has 0 saturated carbocycles. The molecule has 0 unspecified atom stereocenters. The predicted molar refractivity (Wildman–Crippen MR) is 147 cm³/mol. The van der Waals surface area contributed by atoms with E-state index in [9.17, 15) is 19.5 Å². The number of carboxylic acid groups (broad SMARTS) is 1. The molecule has 0 aliphatic heterocycles. The van der Waals surface area contributed by atoms with Crippen LogP contribution in [0.2, 0.25) is 0 Å². The third-order valence-electron chi connectivity index (χ3n) is 6.79. The highest BCUT2D eigenvalue weighted by atomic mass is 16.4. The maximum absolute atomic E-state index is 13.7. The Balaban J connectivity index is 1.79. The number of amides is 1. The molecule has 198 valence electrons. The highest BCUT2D eigenvalue weighted by Crippen LogP contribution is 2.33. The quantitative estimate of drug-likeness (QED) is 0.327. The van der Waals surface area contributed by atoms with Gasteiger partial charge in [0.1, 0.15) is 11.7 Å². The number of pyridine rings is 2. The first-order chi connectivity index (χ1) is 18.0. The minimum absolute atomic E-state index is 0.134. The number of aromatic nitrogens is 3. The number of hydrogen-bond acceptors (Lipinski definition) is 4. The van der Waals surface area contributed by atoms with Crippen LogP contribution in [0.5, 0.6) is 0 Å². The number of nitrogens with one attached hydrogen (secondary N) is 1. The van der Waals surface area contributed by atoms with Gasteiger partial charge in [-0.1, -0.05) is 32.0 Å². The molecular formula is C30H34N4O4. The molecule has 38 heavy (non-hydrogen) atoms. The van der Waals surface area contributed by atoms with E-state index in [1.165, 1.54) is 10.6 Å². The second-order valence-electron chi connectivity index (χ2n) is 10.4. The van der Waals surface area contributed by atoms with Crippen molar-refractivity contribution in [2.24, 2.45) is 5.92 Å². The SMILES string of the molecule is Cc1ccn([C@H](CC(C)C)C(=O)N[C@@H](CC(=O)O)c2cc(-c3c(C)cccc3C)c3nccn3c2)c(=O)c1. The molecule has 3 heterocycles. The molecule has 0 saturated heterocycles. The number of fused-ring (bicyclic) bond motifs is 1. The molecule has 1 aromatic carbocycles. The van der Waals surface area contributed by atoms with Crippen molar-refractivity contribution in [1.82, 2.24) is 19.3 Å². The lowest BCUT2D eigenvalue weighted by Crippen LogP contribution is -2.40. The summed E-state index contributed by atoms with van der Waals surface area (Å²) in [7, 11) is 0. The van der Waals surface area contributed by atoms with Crippen LogP contribution in [0.4, 0.5) is 0 Å². The van der Waals surface area contributed by atoms with Crippen molar-refractivity contribution in [2.45, 2.75) is 59.5 Å². The minimum Gasteiger partial charge on any atom is -0.481 e. The van der Waals surface area contributed by atoms with Gasteiger partial charge in [0, 0.05) is 36.4 Å². The predicted octanol–water partition coefficient (Wildman–Crippen LogP) is 5.01. The zero-order valence-electron chi connectivity index (χ0n) is 22.4. The molecule has 8 heteroatoms. The molecule has 8 nitrogen and oxygen atoms in total. The first-order valence-corrected chi connectivity index (χ1v) is 12.8. The fourth-order valence-corrected chi connectivity index (χ4v) is 5.00. The van der Waals surface area contributed by atoms with Crippen LogP contribution in [-0.2, 0) is 9.59 Å². The second kappa shape index (κ2) is 11.0. The Bertz CT molecular complexity index is 1530. The fraction of sp³-hybridized carbons (Fsp3) is 0.333. The Morgan fingerprint density at radius 2 is 1.76 bits per heavy atom. The lowest BCUT2D eigenvalue weighted by Gasteiger charge is -2.25. The van der Waals surface area contributed by atoms with Crippen molar-refractivity contribution in [3.63, 3.8) is 0 Å². The third-order valence-corrected chi connectivity index (χ3v) is 6.79. The molecule has 0 aliphatic carbocycles. The number of carbonyl (C=O) groups excluding carboxylic acids is 1. The number of rotatable bonds is 9. The summed E-state index contributed by atoms with van der Waals surface area (Å²) in [6.45, 7) is 9.85. The molecule has 2 N–H and O–H groups in total. The average molecular weight is 515 g/mol. The second-order valence-corrected chi connectivity index (χ2v) is 10.4. The zero-order valence-corrected chi connectivity index (χ0v) is 22.4. The van der Waals surface area contributed by atoms with Gasteiger partial charge in [0.2, 0.25) is 5.91 Å². The van der Waals surface area contributed by atoms with Crippen LogP contribution in [0.15, 0.2) is 66.0 Å². The molecule has 2 atom stereocenters. The maximum atomic E-state index is 13.7. The summed E-state index contributed by atoms with van der Waals surface area (Å²) in [4.78, 5) is 42.9. The van der Waals surface area contributed by atoms with Crippen LogP contribution in [0.25, 0.3) is 16.8 Å². The van der Waals surface area contributed by atoms with Crippen molar-refractivity contribution < 1.29 is 14.7 Å². The summed E-state index contributed by atoms with van der Waals surface area (Å²) in [6, 6.07) is 9.68. The van der Waals surface area contributed by atoms with Crippen LogP contribution in [0.1, 0.15) is 61.0 Å². The first kappa shape index (κ1) is 26.9. The molecule has 3 aromatic heterocycles. The van der Waals surface area contributed by atoms with Gasteiger partial charge in [-0.2, -0.15) is 0 Å². The van der Waals surface area contributed by atoms with E-state index in [1.54, 1.807) is 18.5 Å². The van der Waals surface area contributed by atoms with E-state index < -0.39 is 24.0 Å². The summed E-state index contributed by atoms with van der Waals surface area (Å²) in [5, 5.41) is 12.7. The van der Waals surface area contributed by atoms with E-state index in [2.05, 4.69) is 10.3 Å². The highest BCUT2D eigenvalue weighted by molar-refractivity contribution is 5.84. The van der Waals surface area contributed by atoms with Gasteiger partial charge < -0.3 is 19.4 Å². The van der Waals surface area contributed by atoms with E-state index in [-0.39, 0.29) is 17.9 Å². The molecule has 0 bridgehead atoms. The summed E-state index contributed by atoms with van der Waals surface area (Å²) in [6.07, 6.45) is 7.07. The van der Waals surface area contributed by atoms with Gasteiger partial charge in [0.05, 0.1) is 12.5 Å². The number of benzene rings is 1. The van der Waals surface area contributed by atoms with Gasteiger partial charge >= 0.3 is 5.97 Å². The Hall–Kier alpha value is -4.20. The molecule has 4 aromatic rings. The normalized spacial score (nSPS) is 13.0. The van der Waals surface area contributed by atoms with Crippen molar-refractivity contribution in [3.05, 3.63) is 93.8 Å². The zero-order chi connectivity index (χ0) is 27.6. The number of aliphatic carboxylic acids is 1. The number of nitrogens with zero attached hydrogens (tertiary/aromatic N) is 3. The molecule has 0 radical (unpaired) electrons. The van der Waals surface area contributed by atoms with E-state index in [1.807, 2.05) is 75.7 Å². The Morgan fingerprint density at radius 1 is 1.05 bits per heavy atom. The van der Waals surface area contributed by atoms with Crippen molar-refractivity contribution in [2.75, 3.05) is 0 Å². The summed E-state index contributed by atoms with van der Waals surface area (Å²) in [5.41, 5.74) is 5.96.